The molecular formula is C21H38O2. The molecule has 2 saturated carbocycles. The Kier molecular flexibility index (Phi) is 9.75. The summed E-state index contributed by atoms with van der Waals surface area (Å²) in [6.07, 6.45) is 22.5. The molecule has 0 radical (unpaired) electrons. The topological polar surface area (TPSA) is 26.3 Å². The van der Waals surface area contributed by atoms with Gasteiger partial charge in [-0.1, -0.05) is 89.9 Å². The van der Waals surface area contributed by atoms with Crippen LogP contribution in [0.1, 0.15) is 109 Å². The summed E-state index contributed by atoms with van der Waals surface area (Å²) in [4.78, 5) is 11.9. The third kappa shape index (κ3) is 9.37. The van der Waals surface area contributed by atoms with Gasteiger partial charge in [-0.25, -0.2) is 0 Å². The van der Waals surface area contributed by atoms with Crippen molar-refractivity contribution in [3.8, 4) is 0 Å². The monoisotopic (exact) mass is 322 g/mol. The van der Waals surface area contributed by atoms with Crippen molar-refractivity contribution in [1.29, 1.82) is 0 Å². The van der Waals surface area contributed by atoms with Crippen molar-refractivity contribution in [1.82, 2.24) is 0 Å². The van der Waals surface area contributed by atoms with E-state index in [1.165, 1.54) is 89.9 Å². The van der Waals surface area contributed by atoms with Gasteiger partial charge in [-0.2, -0.15) is 0 Å². The van der Waals surface area contributed by atoms with E-state index in [0.717, 1.165) is 25.2 Å². The molecule has 0 aromatic carbocycles. The molecule has 0 heterocycles. The Labute approximate surface area is 143 Å². The van der Waals surface area contributed by atoms with Crippen molar-refractivity contribution >= 4 is 5.97 Å². The smallest absolute Gasteiger partial charge is 0.308 e. The maximum atomic E-state index is 11.9. The zero-order valence-electron chi connectivity index (χ0n) is 15.2. The van der Waals surface area contributed by atoms with Gasteiger partial charge in [-0.15, -0.1) is 0 Å². The van der Waals surface area contributed by atoms with Crippen LogP contribution in [0.2, 0.25) is 0 Å². The van der Waals surface area contributed by atoms with E-state index >= 15 is 0 Å². The molecular weight excluding hydrogens is 284 g/mol. The van der Waals surface area contributed by atoms with Gasteiger partial charge in [0, 0.05) is 0 Å². The predicted octanol–water partition coefficient (Wildman–Crippen LogP) is 6.42. The number of ether oxygens (including phenoxy) is 1. The van der Waals surface area contributed by atoms with E-state index in [0.29, 0.717) is 6.61 Å². The number of rotatable bonds is 13. The Balaban J connectivity index is 1.28. The molecule has 0 bridgehead atoms. The molecule has 2 heteroatoms. The zero-order valence-corrected chi connectivity index (χ0v) is 15.2. The van der Waals surface area contributed by atoms with E-state index < -0.39 is 0 Å². The van der Waals surface area contributed by atoms with E-state index in [-0.39, 0.29) is 11.9 Å². The van der Waals surface area contributed by atoms with Crippen LogP contribution < -0.4 is 0 Å². The molecule has 2 aliphatic rings. The fraction of sp³-hybridized carbons (Fsp3) is 0.952. The summed E-state index contributed by atoms with van der Waals surface area (Å²) in [5.74, 6) is 1.40. The lowest BCUT2D eigenvalue weighted by molar-refractivity contribution is -0.149. The van der Waals surface area contributed by atoms with Crippen LogP contribution in [0.15, 0.2) is 0 Å². The van der Waals surface area contributed by atoms with E-state index in [9.17, 15) is 4.79 Å². The number of carbonyl (C=O) groups is 1. The lowest BCUT2D eigenvalue weighted by Gasteiger charge is -2.19. The summed E-state index contributed by atoms with van der Waals surface area (Å²) in [5, 5.41) is 0. The van der Waals surface area contributed by atoms with Crippen LogP contribution in [0.4, 0.5) is 0 Å². The van der Waals surface area contributed by atoms with Crippen LogP contribution in [0.25, 0.3) is 0 Å². The Hall–Kier alpha value is -0.530. The number of hydrogen-bond donors (Lipinski definition) is 0. The van der Waals surface area contributed by atoms with Crippen LogP contribution in [-0.4, -0.2) is 12.6 Å². The van der Waals surface area contributed by atoms with Gasteiger partial charge >= 0.3 is 5.97 Å². The number of hydrogen-bond acceptors (Lipinski definition) is 2. The van der Waals surface area contributed by atoms with Gasteiger partial charge in [0.25, 0.3) is 0 Å². The highest BCUT2D eigenvalue weighted by Crippen LogP contribution is 2.34. The van der Waals surface area contributed by atoms with Crippen molar-refractivity contribution in [2.45, 2.75) is 109 Å². The summed E-state index contributed by atoms with van der Waals surface area (Å²) in [5.41, 5.74) is 0. The SMILES string of the molecule is O=C(OCCCCCCCCCCCC1CC1)C1CCCCC1. The van der Waals surface area contributed by atoms with Crippen LogP contribution in [-0.2, 0) is 9.53 Å². The largest absolute Gasteiger partial charge is 0.465 e. The van der Waals surface area contributed by atoms with Gasteiger partial charge in [0.05, 0.1) is 12.5 Å². The Morgan fingerprint density at radius 1 is 0.696 bits per heavy atom. The highest BCUT2D eigenvalue weighted by Gasteiger charge is 2.22. The molecule has 2 aliphatic carbocycles. The van der Waals surface area contributed by atoms with E-state index in [1.54, 1.807) is 0 Å². The Morgan fingerprint density at radius 3 is 1.87 bits per heavy atom. The first-order valence-electron chi connectivity index (χ1n) is 10.5. The molecule has 0 unspecified atom stereocenters. The molecule has 0 N–H and O–H groups in total. The summed E-state index contributed by atoms with van der Waals surface area (Å²) < 4.78 is 5.44. The van der Waals surface area contributed by atoms with Crippen molar-refractivity contribution in [2.24, 2.45) is 11.8 Å². The van der Waals surface area contributed by atoms with Gasteiger partial charge in [0.1, 0.15) is 0 Å². The van der Waals surface area contributed by atoms with E-state index in [1.807, 2.05) is 0 Å². The summed E-state index contributed by atoms with van der Waals surface area (Å²) >= 11 is 0. The normalized spacial score (nSPS) is 19.0. The molecule has 23 heavy (non-hydrogen) atoms. The standard InChI is InChI=1S/C21H38O2/c22-21(20-14-10-8-11-15-20)23-18-12-7-5-3-1-2-4-6-9-13-19-16-17-19/h19-20H,1-18H2. The molecule has 2 nitrogen and oxygen atoms in total. The molecule has 0 aromatic rings. The van der Waals surface area contributed by atoms with Crippen LogP contribution in [0.5, 0.6) is 0 Å². The average molecular weight is 323 g/mol. The minimum atomic E-state index is 0.0795. The lowest BCUT2D eigenvalue weighted by Crippen LogP contribution is -2.20. The molecule has 0 aliphatic heterocycles. The fourth-order valence-corrected chi connectivity index (χ4v) is 3.81. The molecule has 0 atom stereocenters. The van der Waals surface area contributed by atoms with Crippen molar-refractivity contribution in [3.05, 3.63) is 0 Å². The molecule has 2 rings (SSSR count). The van der Waals surface area contributed by atoms with E-state index in [2.05, 4.69) is 0 Å². The second kappa shape index (κ2) is 11.9. The number of esters is 1. The molecule has 0 amide bonds. The molecule has 0 saturated heterocycles. The summed E-state index contributed by atoms with van der Waals surface area (Å²) in [6, 6.07) is 0. The van der Waals surface area contributed by atoms with Gasteiger partial charge < -0.3 is 4.74 Å². The summed E-state index contributed by atoms with van der Waals surface area (Å²) in [7, 11) is 0. The quantitative estimate of drug-likeness (QED) is 0.289. The van der Waals surface area contributed by atoms with Crippen LogP contribution in [0.3, 0.4) is 0 Å². The molecule has 0 aromatic heterocycles. The second-order valence-corrected chi connectivity index (χ2v) is 7.92. The first kappa shape index (κ1) is 18.8. The second-order valence-electron chi connectivity index (χ2n) is 7.92. The predicted molar refractivity (Wildman–Crippen MR) is 96.4 cm³/mol. The number of unbranched alkanes of at least 4 members (excludes halogenated alkanes) is 8. The highest BCUT2D eigenvalue weighted by molar-refractivity contribution is 5.72. The first-order valence-corrected chi connectivity index (χ1v) is 10.5. The van der Waals surface area contributed by atoms with Crippen molar-refractivity contribution < 1.29 is 9.53 Å². The maximum Gasteiger partial charge on any atom is 0.308 e. The van der Waals surface area contributed by atoms with Gasteiger partial charge in [-0.05, 0) is 25.2 Å². The third-order valence-electron chi connectivity index (χ3n) is 5.64. The fourth-order valence-electron chi connectivity index (χ4n) is 3.81. The van der Waals surface area contributed by atoms with Crippen LogP contribution in [0, 0.1) is 11.8 Å². The first-order chi connectivity index (χ1) is 11.4. The molecule has 134 valence electrons. The maximum absolute atomic E-state index is 11.9. The highest BCUT2D eigenvalue weighted by atomic mass is 16.5. The minimum Gasteiger partial charge on any atom is -0.465 e. The summed E-state index contributed by atoms with van der Waals surface area (Å²) in [6.45, 7) is 0.649. The average Bonchev–Trinajstić information content (AvgIpc) is 3.40. The minimum absolute atomic E-state index is 0.0795. The third-order valence-corrected chi connectivity index (χ3v) is 5.64. The van der Waals surface area contributed by atoms with Crippen LogP contribution >= 0.6 is 0 Å². The van der Waals surface area contributed by atoms with E-state index in [4.69, 9.17) is 4.74 Å². The van der Waals surface area contributed by atoms with Crippen molar-refractivity contribution in [3.63, 3.8) is 0 Å². The van der Waals surface area contributed by atoms with Gasteiger partial charge in [-0.3, -0.25) is 4.79 Å². The zero-order chi connectivity index (χ0) is 16.2. The Bertz CT molecular complexity index is 303. The van der Waals surface area contributed by atoms with Crippen molar-refractivity contribution in [2.75, 3.05) is 6.61 Å². The van der Waals surface area contributed by atoms with Gasteiger partial charge in [0.2, 0.25) is 0 Å². The molecule has 2 fully saturated rings. The van der Waals surface area contributed by atoms with Gasteiger partial charge in [0.15, 0.2) is 0 Å². The molecule has 0 spiro atoms. The Morgan fingerprint density at radius 2 is 1.26 bits per heavy atom. The lowest BCUT2D eigenvalue weighted by atomic mass is 9.89. The number of carbonyl (C=O) groups excluding carboxylic acids is 1.